The summed E-state index contributed by atoms with van der Waals surface area (Å²) in [7, 11) is 3.33. The molecular weight excluding hydrogens is 172 g/mol. The van der Waals surface area contributed by atoms with Gasteiger partial charge in [-0.15, -0.1) is 0 Å². The first-order valence-electron chi connectivity index (χ1n) is 2.87. The van der Waals surface area contributed by atoms with E-state index in [1.54, 1.807) is 21.6 Å². The first-order chi connectivity index (χ1) is 4.77. The van der Waals surface area contributed by atoms with Crippen LogP contribution in [-0.4, -0.2) is 29.4 Å². The van der Waals surface area contributed by atoms with Gasteiger partial charge in [-0.1, -0.05) is 28.5 Å². The Kier molecular flexibility index (Phi) is 7.06. The van der Waals surface area contributed by atoms with Gasteiger partial charge in [0.1, 0.15) is 6.61 Å². The fraction of sp³-hybridized carbons (Fsp3) is 0.800. The SMILES string of the molecule is CCSSCCOC(=O)O. The lowest BCUT2D eigenvalue weighted by atomic mass is 10.9. The van der Waals surface area contributed by atoms with Gasteiger partial charge in [-0.2, -0.15) is 0 Å². The second-order valence-electron chi connectivity index (χ2n) is 1.34. The maximum absolute atomic E-state index is 9.79. The van der Waals surface area contributed by atoms with Gasteiger partial charge in [0.2, 0.25) is 0 Å². The lowest BCUT2D eigenvalue weighted by molar-refractivity contribution is 0.0975. The Bertz CT molecular complexity index is 96.9. The second kappa shape index (κ2) is 7.08. The second-order valence-corrected chi connectivity index (χ2v) is 4.21. The van der Waals surface area contributed by atoms with Crippen molar-refractivity contribution in [3.63, 3.8) is 0 Å². The third-order valence-corrected chi connectivity index (χ3v) is 3.04. The molecule has 0 atom stereocenters. The molecule has 0 spiro atoms. The van der Waals surface area contributed by atoms with Gasteiger partial charge in [0.05, 0.1) is 0 Å². The van der Waals surface area contributed by atoms with Crippen LogP contribution in [0.3, 0.4) is 0 Å². The van der Waals surface area contributed by atoms with E-state index in [4.69, 9.17) is 5.11 Å². The molecule has 10 heavy (non-hydrogen) atoms. The van der Waals surface area contributed by atoms with Crippen LogP contribution in [-0.2, 0) is 4.74 Å². The summed E-state index contributed by atoms with van der Waals surface area (Å²) in [6.45, 7) is 2.34. The summed E-state index contributed by atoms with van der Waals surface area (Å²) < 4.78 is 4.27. The number of hydrogen-bond acceptors (Lipinski definition) is 4. The van der Waals surface area contributed by atoms with E-state index in [1.807, 2.05) is 0 Å². The molecule has 5 heteroatoms. The fourth-order valence-corrected chi connectivity index (χ4v) is 1.80. The summed E-state index contributed by atoms with van der Waals surface area (Å²) in [4.78, 5) is 9.79. The van der Waals surface area contributed by atoms with Crippen LogP contribution in [0.1, 0.15) is 6.92 Å². The van der Waals surface area contributed by atoms with Crippen LogP contribution in [0, 0.1) is 0 Å². The molecule has 0 saturated heterocycles. The molecule has 1 N–H and O–H groups in total. The fourth-order valence-electron chi connectivity index (χ4n) is 0.305. The standard InChI is InChI=1S/C5H10O3S2/c1-2-9-10-4-3-8-5(6)7/h2-4H2,1H3,(H,6,7). The molecule has 0 amide bonds. The van der Waals surface area contributed by atoms with Crippen LogP contribution in [0.15, 0.2) is 0 Å². The van der Waals surface area contributed by atoms with E-state index in [2.05, 4.69) is 11.7 Å². The molecule has 3 nitrogen and oxygen atoms in total. The lowest BCUT2D eigenvalue weighted by Crippen LogP contribution is -2.02. The van der Waals surface area contributed by atoms with Crippen LogP contribution in [0.5, 0.6) is 0 Å². The summed E-state index contributed by atoms with van der Waals surface area (Å²) in [6, 6.07) is 0. The average Bonchev–Trinajstić information content (AvgIpc) is 1.87. The number of hydrogen-bond donors (Lipinski definition) is 1. The van der Waals surface area contributed by atoms with E-state index in [1.165, 1.54) is 0 Å². The van der Waals surface area contributed by atoms with E-state index in [-0.39, 0.29) is 6.61 Å². The topological polar surface area (TPSA) is 46.5 Å². The molecule has 0 aliphatic rings. The Labute approximate surface area is 67.9 Å². The van der Waals surface area contributed by atoms with Crippen molar-refractivity contribution in [2.75, 3.05) is 18.1 Å². The van der Waals surface area contributed by atoms with Gasteiger partial charge in [0.25, 0.3) is 0 Å². The maximum Gasteiger partial charge on any atom is 0.505 e. The quantitative estimate of drug-likeness (QED) is 0.400. The van der Waals surface area contributed by atoms with Crippen LogP contribution in [0.2, 0.25) is 0 Å². The van der Waals surface area contributed by atoms with Crippen molar-refractivity contribution in [2.45, 2.75) is 6.92 Å². The Balaban J connectivity index is 2.84. The van der Waals surface area contributed by atoms with E-state index < -0.39 is 6.16 Å². The minimum atomic E-state index is -1.19. The van der Waals surface area contributed by atoms with Gasteiger partial charge in [-0.3, -0.25) is 0 Å². The molecule has 0 unspecified atom stereocenters. The van der Waals surface area contributed by atoms with Crippen LogP contribution in [0.25, 0.3) is 0 Å². The first kappa shape index (κ1) is 9.97. The predicted octanol–water partition coefficient (Wildman–Crippen LogP) is 2.08. The number of carbonyl (C=O) groups is 1. The van der Waals surface area contributed by atoms with E-state index in [0.717, 1.165) is 11.5 Å². The Morgan fingerprint density at radius 1 is 1.60 bits per heavy atom. The zero-order valence-corrected chi connectivity index (χ0v) is 7.33. The summed E-state index contributed by atoms with van der Waals surface area (Å²) >= 11 is 0. The molecule has 0 heterocycles. The van der Waals surface area contributed by atoms with Gasteiger partial charge in [-0.25, -0.2) is 4.79 Å². The number of rotatable bonds is 5. The van der Waals surface area contributed by atoms with Crippen molar-refractivity contribution in [1.29, 1.82) is 0 Å². The van der Waals surface area contributed by atoms with Gasteiger partial charge in [-0.05, 0) is 0 Å². The molecule has 0 radical (unpaired) electrons. The largest absolute Gasteiger partial charge is 0.505 e. The third-order valence-electron chi connectivity index (χ3n) is 0.593. The van der Waals surface area contributed by atoms with Crippen molar-refractivity contribution in [3.8, 4) is 0 Å². The highest BCUT2D eigenvalue weighted by molar-refractivity contribution is 8.76. The number of carboxylic acid groups (broad SMARTS) is 1. The Morgan fingerprint density at radius 3 is 2.80 bits per heavy atom. The normalized spacial score (nSPS) is 9.30. The molecule has 0 aliphatic heterocycles. The van der Waals surface area contributed by atoms with Gasteiger partial charge in [0, 0.05) is 11.5 Å². The summed E-state index contributed by atoms with van der Waals surface area (Å²) in [5.74, 6) is 1.77. The Hall–Kier alpha value is -0.0300. The average molecular weight is 182 g/mol. The summed E-state index contributed by atoms with van der Waals surface area (Å²) in [5, 5.41) is 8.03. The zero-order valence-electron chi connectivity index (χ0n) is 5.70. The van der Waals surface area contributed by atoms with Gasteiger partial charge < -0.3 is 9.84 Å². The monoisotopic (exact) mass is 182 g/mol. The highest BCUT2D eigenvalue weighted by Gasteiger charge is 1.94. The minimum absolute atomic E-state index is 0.285. The van der Waals surface area contributed by atoms with E-state index >= 15 is 0 Å². The molecule has 0 aliphatic carbocycles. The molecular formula is C5H10O3S2. The zero-order chi connectivity index (χ0) is 7.82. The smallest absolute Gasteiger partial charge is 0.450 e. The van der Waals surface area contributed by atoms with E-state index in [9.17, 15) is 4.79 Å². The van der Waals surface area contributed by atoms with Crippen molar-refractivity contribution in [1.82, 2.24) is 0 Å². The van der Waals surface area contributed by atoms with Crippen LogP contribution in [0.4, 0.5) is 4.79 Å². The molecule has 0 saturated carbocycles. The van der Waals surface area contributed by atoms with Crippen molar-refractivity contribution >= 4 is 27.7 Å². The molecule has 0 aromatic heterocycles. The maximum atomic E-state index is 9.79. The van der Waals surface area contributed by atoms with E-state index in [0.29, 0.717) is 0 Å². The minimum Gasteiger partial charge on any atom is -0.450 e. The highest BCUT2D eigenvalue weighted by atomic mass is 33.1. The summed E-state index contributed by atoms with van der Waals surface area (Å²) in [6.07, 6.45) is -1.19. The lowest BCUT2D eigenvalue weighted by Gasteiger charge is -1.97. The molecule has 0 aromatic carbocycles. The first-order valence-corrected chi connectivity index (χ1v) is 5.36. The molecule has 0 bridgehead atoms. The van der Waals surface area contributed by atoms with Crippen LogP contribution < -0.4 is 0 Å². The molecule has 0 rings (SSSR count). The van der Waals surface area contributed by atoms with Crippen molar-refractivity contribution < 1.29 is 14.6 Å². The van der Waals surface area contributed by atoms with Gasteiger partial charge >= 0.3 is 6.16 Å². The Morgan fingerprint density at radius 2 is 2.30 bits per heavy atom. The highest BCUT2D eigenvalue weighted by Crippen LogP contribution is 2.19. The number of ether oxygens (including phenoxy) is 1. The summed E-state index contributed by atoms with van der Waals surface area (Å²) in [5.41, 5.74) is 0. The van der Waals surface area contributed by atoms with Crippen molar-refractivity contribution in [3.05, 3.63) is 0 Å². The van der Waals surface area contributed by atoms with Gasteiger partial charge in [0.15, 0.2) is 0 Å². The molecule has 0 aromatic rings. The van der Waals surface area contributed by atoms with Crippen molar-refractivity contribution in [2.24, 2.45) is 0 Å². The van der Waals surface area contributed by atoms with Crippen LogP contribution >= 0.6 is 21.6 Å². The predicted molar refractivity (Wildman–Crippen MR) is 44.6 cm³/mol. The molecule has 60 valence electrons. The third kappa shape index (κ3) is 7.97. The molecule has 0 fully saturated rings.